The van der Waals surface area contributed by atoms with Crippen LogP contribution in [-0.2, 0) is 14.3 Å². The molecule has 4 heteroatoms. The molecule has 0 aliphatic carbocycles. The first kappa shape index (κ1) is 18.0. The predicted octanol–water partition coefficient (Wildman–Crippen LogP) is 3.20. The zero-order valence-corrected chi connectivity index (χ0v) is 13.7. The Balaban J connectivity index is 2.60. The van der Waals surface area contributed by atoms with Crippen LogP contribution in [0.1, 0.15) is 37.8 Å². The van der Waals surface area contributed by atoms with E-state index in [1.807, 2.05) is 38.1 Å². The summed E-state index contributed by atoms with van der Waals surface area (Å²) in [7, 11) is 0. The molecule has 0 aliphatic heterocycles. The van der Waals surface area contributed by atoms with Crippen molar-refractivity contribution < 1.29 is 14.3 Å². The van der Waals surface area contributed by atoms with Crippen LogP contribution in [0.15, 0.2) is 30.3 Å². The van der Waals surface area contributed by atoms with Gasteiger partial charge < -0.3 is 9.64 Å². The molecule has 0 radical (unpaired) electrons. The van der Waals surface area contributed by atoms with Gasteiger partial charge in [-0.15, -0.1) is 0 Å². The molecule has 0 aromatic heterocycles. The predicted molar refractivity (Wildman–Crippen MR) is 88.3 cm³/mol. The Labute approximate surface area is 132 Å². The second kappa shape index (κ2) is 9.77. The van der Waals surface area contributed by atoms with E-state index in [9.17, 15) is 9.59 Å². The average molecular weight is 303 g/mol. The van der Waals surface area contributed by atoms with Gasteiger partial charge in [0.2, 0.25) is 5.91 Å². The van der Waals surface area contributed by atoms with Crippen molar-refractivity contribution >= 4 is 18.0 Å². The Morgan fingerprint density at radius 1 is 1.14 bits per heavy atom. The number of ether oxygens (including phenoxy) is 1. The lowest BCUT2D eigenvalue weighted by molar-refractivity contribution is -0.143. The molecule has 0 aliphatic rings. The van der Waals surface area contributed by atoms with Gasteiger partial charge in [0, 0.05) is 19.2 Å². The van der Waals surface area contributed by atoms with Crippen LogP contribution in [0.2, 0.25) is 0 Å². The summed E-state index contributed by atoms with van der Waals surface area (Å²) in [5, 5.41) is 0. The fourth-order valence-corrected chi connectivity index (χ4v) is 2.01. The molecule has 1 amide bonds. The minimum absolute atomic E-state index is 0.0771. The molecular formula is C18H25NO3. The molecule has 1 rings (SSSR count). The number of aryl methyl sites for hydroxylation is 1. The molecule has 0 fully saturated rings. The largest absolute Gasteiger partial charge is 0.466 e. The SMILES string of the molecule is CCCN(CCC(=O)OCC)C(=O)/C=C/c1ccc(C)cc1. The maximum Gasteiger partial charge on any atom is 0.307 e. The van der Waals surface area contributed by atoms with Crippen LogP contribution in [-0.4, -0.2) is 36.5 Å². The maximum absolute atomic E-state index is 12.2. The number of carbonyl (C=O) groups is 2. The summed E-state index contributed by atoms with van der Waals surface area (Å²) < 4.78 is 4.90. The van der Waals surface area contributed by atoms with Crippen LogP contribution in [0, 0.1) is 6.92 Å². The van der Waals surface area contributed by atoms with Crippen LogP contribution < -0.4 is 0 Å². The third kappa shape index (κ3) is 6.57. The molecule has 0 heterocycles. The van der Waals surface area contributed by atoms with E-state index in [1.165, 1.54) is 5.56 Å². The lowest BCUT2D eigenvalue weighted by Crippen LogP contribution is -2.32. The molecule has 0 unspecified atom stereocenters. The van der Waals surface area contributed by atoms with Crippen molar-refractivity contribution in [2.75, 3.05) is 19.7 Å². The van der Waals surface area contributed by atoms with E-state index in [0.717, 1.165) is 12.0 Å². The molecular weight excluding hydrogens is 278 g/mol. The molecule has 0 N–H and O–H groups in total. The van der Waals surface area contributed by atoms with Gasteiger partial charge in [0.25, 0.3) is 0 Å². The second-order valence-corrected chi connectivity index (χ2v) is 5.12. The van der Waals surface area contributed by atoms with Gasteiger partial charge in [-0.2, -0.15) is 0 Å². The zero-order chi connectivity index (χ0) is 16.4. The number of esters is 1. The van der Waals surface area contributed by atoms with Gasteiger partial charge in [0.1, 0.15) is 0 Å². The molecule has 4 nitrogen and oxygen atoms in total. The number of rotatable bonds is 8. The summed E-state index contributed by atoms with van der Waals surface area (Å²) in [4.78, 5) is 25.3. The smallest absolute Gasteiger partial charge is 0.307 e. The molecule has 0 spiro atoms. The first-order chi connectivity index (χ1) is 10.6. The Hall–Kier alpha value is -2.10. The third-order valence-electron chi connectivity index (χ3n) is 3.19. The van der Waals surface area contributed by atoms with Gasteiger partial charge in [-0.05, 0) is 31.9 Å². The summed E-state index contributed by atoms with van der Waals surface area (Å²) in [6.45, 7) is 7.20. The summed E-state index contributed by atoms with van der Waals surface area (Å²) in [6, 6.07) is 7.97. The Morgan fingerprint density at radius 3 is 2.41 bits per heavy atom. The molecule has 0 bridgehead atoms. The van der Waals surface area contributed by atoms with Crippen LogP contribution in [0.3, 0.4) is 0 Å². The van der Waals surface area contributed by atoms with Crippen LogP contribution in [0.25, 0.3) is 6.08 Å². The van der Waals surface area contributed by atoms with Crippen molar-refractivity contribution in [3.8, 4) is 0 Å². The summed E-state index contributed by atoms with van der Waals surface area (Å²) in [6.07, 6.45) is 4.45. The number of hydrogen-bond donors (Lipinski definition) is 0. The zero-order valence-electron chi connectivity index (χ0n) is 13.7. The molecule has 22 heavy (non-hydrogen) atoms. The van der Waals surface area contributed by atoms with Crippen molar-refractivity contribution in [3.63, 3.8) is 0 Å². The molecule has 1 aromatic rings. The van der Waals surface area contributed by atoms with E-state index in [-0.39, 0.29) is 18.3 Å². The summed E-state index contributed by atoms with van der Waals surface area (Å²) in [5.41, 5.74) is 2.17. The Kier molecular flexibility index (Phi) is 7.97. The highest BCUT2D eigenvalue weighted by Gasteiger charge is 2.12. The first-order valence-corrected chi connectivity index (χ1v) is 7.76. The van der Waals surface area contributed by atoms with E-state index >= 15 is 0 Å². The number of amides is 1. The fourth-order valence-electron chi connectivity index (χ4n) is 2.01. The van der Waals surface area contributed by atoms with Crippen LogP contribution in [0.5, 0.6) is 0 Å². The van der Waals surface area contributed by atoms with Gasteiger partial charge in [-0.3, -0.25) is 9.59 Å². The standard InChI is InChI=1S/C18H25NO3/c1-4-13-19(14-12-18(21)22-5-2)17(20)11-10-16-8-6-15(3)7-9-16/h6-11H,4-5,12-14H2,1-3H3/b11-10+. The van der Waals surface area contributed by atoms with Crippen molar-refractivity contribution in [1.82, 2.24) is 4.90 Å². The molecule has 1 aromatic carbocycles. The molecule has 0 saturated heterocycles. The van der Waals surface area contributed by atoms with E-state index < -0.39 is 0 Å². The second-order valence-electron chi connectivity index (χ2n) is 5.12. The minimum Gasteiger partial charge on any atom is -0.466 e. The number of hydrogen-bond acceptors (Lipinski definition) is 3. The van der Waals surface area contributed by atoms with Crippen molar-refractivity contribution in [2.45, 2.75) is 33.6 Å². The lowest BCUT2D eigenvalue weighted by atomic mass is 10.1. The fraction of sp³-hybridized carbons (Fsp3) is 0.444. The van der Waals surface area contributed by atoms with E-state index in [0.29, 0.717) is 19.7 Å². The van der Waals surface area contributed by atoms with Crippen molar-refractivity contribution in [1.29, 1.82) is 0 Å². The van der Waals surface area contributed by atoms with Crippen LogP contribution >= 0.6 is 0 Å². The van der Waals surface area contributed by atoms with Gasteiger partial charge in [0.15, 0.2) is 0 Å². The Morgan fingerprint density at radius 2 is 1.82 bits per heavy atom. The minimum atomic E-state index is -0.265. The molecule has 120 valence electrons. The number of carbonyl (C=O) groups excluding carboxylic acids is 2. The average Bonchev–Trinajstić information content (AvgIpc) is 2.51. The number of nitrogens with zero attached hydrogens (tertiary/aromatic N) is 1. The highest BCUT2D eigenvalue weighted by molar-refractivity contribution is 5.92. The van der Waals surface area contributed by atoms with E-state index in [2.05, 4.69) is 0 Å². The molecule has 0 saturated carbocycles. The summed E-state index contributed by atoms with van der Waals surface area (Å²) in [5.74, 6) is -0.342. The van der Waals surface area contributed by atoms with E-state index in [4.69, 9.17) is 4.74 Å². The van der Waals surface area contributed by atoms with Crippen molar-refractivity contribution in [3.05, 3.63) is 41.5 Å². The quantitative estimate of drug-likeness (QED) is 0.547. The third-order valence-corrected chi connectivity index (χ3v) is 3.19. The maximum atomic E-state index is 12.2. The molecule has 0 atom stereocenters. The number of benzene rings is 1. The highest BCUT2D eigenvalue weighted by Crippen LogP contribution is 2.06. The lowest BCUT2D eigenvalue weighted by Gasteiger charge is -2.20. The van der Waals surface area contributed by atoms with Crippen LogP contribution in [0.4, 0.5) is 0 Å². The normalized spacial score (nSPS) is 10.7. The first-order valence-electron chi connectivity index (χ1n) is 7.76. The topological polar surface area (TPSA) is 46.6 Å². The van der Waals surface area contributed by atoms with Gasteiger partial charge in [-0.1, -0.05) is 36.8 Å². The highest BCUT2D eigenvalue weighted by atomic mass is 16.5. The van der Waals surface area contributed by atoms with Crippen molar-refractivity contribution in [2.24, 2.45) is 0 Å². The Bertz CT molecular complexity index is 506. The van der Waals surface area contributed by atoms with Gasteiger partial charge in [0.05, 0.1) is 13.0 Å². The van der Waals surface area contributed by atoms with Gasteiger partial charge in [-0.25, -0.2) is 0 Å². The van der Waals surface area contributed by atoms with E-state index in [1.54, 1.807) is 24.0 Å². The summed E-state index contributed by atoms with van der Waals surface area (Å²) >= 11 is 0. The monoisotopic (exact) mass is 303 g/mol. The van der Waals surface area contributed by atoms with Gasteiger partial charge >= 0.3 is 5.97 Å².